The van der Waals surface area contributed by atoms with Crippen molar-refractivity contribution >= 4 is 32.5 Å². The minimum absolute atomic E-state index is 0.00746. The van der Waals surface area contributed by atoms with Crippen LogP contribution in [0.25, 0.3) is 0 Å². The summed E-state index contributed by atoms with van der Waals surface area (Å²) in [7, 11) is -3.29. The molecule has 20 heavy (non-hydrogen) atoms. The van der Waals surface area contributed by atoms with Crippen molar-refractivity contribution in [2.45, 2.75) is 30.4 Å². The van der Waals surface area contributed by atoms with E-state index in [4.69, 9.17) is 0 Å². The Bertz CT molecular complexity index is 652. The average Bonchev–Trinajstić information content (AvgIpc) is 2.71. The van der Waals surface area contributed by atoms with Gasteiger partial charge in [0.2, 0.25) is 0 Å². The van der Waals surface area contributed by atoms with Gasteiger partial charge in [0.15, 0.2) is 15.0 Å². The zero-order chi connectivity index (χ0) is 15.0. The molecule has 2 rings (SSSR count). The van der Waals surface area contributed by atoms with Crippen LogP contribution in [0, 0.1) is 0 Å². The Morgan fingerprint density at radius 1 is 1.45 bits per heavy atom. The number of amidine groups is 1. The predicted molar refractivity (Wildman–Crippen MR) is 83.4 cm³/mol. The first-order valence-corrected chi connectivity index (χ1v) is 8.77. The number of rotatable bonds is 3. The molecule has 2 N–H and O–H groups in total. The molecule has 1 aromatic rings. The Kier molecular flexibility index (Phi) is 4.02. The van der Waals surface area contributed by atoms with Crippen molar-refractivity contribution < 1.29 is 13.5 Å². The third kappa shape index (κ3) is 3.27. The smallest absolute Gasteiger partial charge is 0.178 e. The number of nitrogens with zero attached hydrogens (tertiary/aromatic N) is 1. The van der Waals surface area contributed by atoms with Gasteiger partial charge in [-0.15, -0.1) is 0 Å². The van der Waals surface area contributed by atoms with Gasteiger partial charge in [-0.2, -0.15) is 0 Å². The Balaban J connectivity index is 2.27. The van der Waals surface area contributed by atoms with Crippen molar-refractivity contribution in [3.8, 4) is 5.75 Å². The summed E-state index contributed by atoms with van der Waals surface area (Å²) in [5.74, 6) is 0.0352. The number of benzene rings is 1. The Morgan fingerprint density at radius 3 is 2.70 bits per heavy atom. The fourth-order valence-electron chi connectivity index (χ4n) is 1.74. The number of anilines is 1. The molecule has 0 fully saturated rings. The van der Waals surface area contributed by atoms with E-state index in [1.54, 1.807) is 18.7 Å². The topological polar surface area (TPSA) is 78.8 Å². The third-order valence-electron chi connectivity index (χ3n) is 2.93. The van der Waals surface area contributed by atoms with Crippen LogP contribution in [0.2, 0.25) is 0 Å². The van der Waals surface area contributed by atoms with Gasteiger partial charge in [-0.05, 0) is 32.0 Å². The molecule has 0 bridgehead atoms. The van der Waals surface area contributed by atoms with Crippen LogP contribution in [0.3, 0.4) is 0 Å². The van der Waals surface area contributed by atoms with E-state index in [0.717, 1.165) is 0 Å². The lowest BCUT2D eigenvalue weighted by molar-refractivity contribution is 0.477. The van der Waals surface area contributed by atoms with Gasteiger partial charge in [0.05, 0.1) is 22.9 Å². The van der Waals surface area contributed by atoms with Gasteiger partial charge in [-0.3, -0.25) is 4.99 Å². The molecule has 7 heteroatoms. The molecule has 1 heterocycles. The summed E-state index contributed by atoms with van der Waals surface area (Å²) >= 11 is 1.57. The Labute approximate surface area is 123 Å². The number of aromatic hydroxyl groups is 1. The van der Waals surface area contributed by atoms with E-state index in [1.165, 1.54) is 18.2 Å². The van der Waals surface area contributed by atoms with E-state index in [1.807, 2.05) is 0 Å². The van der Waals surface area contributed by atoms with Crippen LogP contribution in [0.4, 0.5) is 5.69 Å². The number of aliphatic imine (C=N–C) groups is 1. The SMILES string of the molecule is CCS(=O)(=O)c1ccc(O)c(NC2=NCC(C)(C)S2)c1. The van der Waals surface area contributed by atoms with Crippen molar-refractivity contribution in [1.29, 1.82) is 0 Å². The van der Waals surface area contributed by atoms with Crippen LogP contribution in [0.1, 0.15) is 20.8 Å². The van der Waals surface area contributed by atoms with Gasteiger partial charge in [0, 0.05) is 4.75 Å². The van der Waals surface area contributed by atoms with Gasteiger partial charge in [-0.1, -0.05) is 18.7 Å². The van der Waals surface area contributed by atoms with Crippen LogP contribution in [-0.2, 0) is 9.84 Å². The molecule has 1 aromatic carbocycles. The number of hydrogen-bond donors (Lipinski definition) is 2. The molecule has 110 valence electrons. The maximum absolute atomic E-state index is 11.9. The normalized spacial score (nSPS) is 17.9. The molecule has 5 nitrogen and oxygen atoms in total. The summed E-state index contributed by atoms with van der Waals surface area (Å²) in [4.78, 5) is 4.54. The number of nitrogens with one attached hydrogen (secondary N) is 1. The summed E-state index contributed by atoms with van der Waals surface area (Å²) in [6, 6.07) is 4.24. The summed E-state index contributed by atoms with van der Waals surface area (Å²) in [5, 5.41) is 13.5. The second kappa shape index (κ2) is 5.29. The highest BCUT2D eigenvalue weighted by molar-refractivity contribution is 8.15. The first-order chi connectivity index (χ1) is 9.23. The minimum Gasteiger partial charge on any atom is -0.506 e. The van der Waals surface area contributed by atoms with E-state index in [-0.39, 0.29) is 21.1 Å². The first kappa shape index (κ1) is 15.2. The molecule has 0 aliphatic carbocycles. The van der Waals surface area contributed by atoms with Crippen LogP contribution >= 0.6 is 11.8 Å². The molecule has 0 saturated carbocycles. The largest absolute Gasteiger partial charge is 0.506 e. The highest BCUT2D eigenvalue weighted by atomic mass is 32.2. The minimum atomic E-state index is -3.29. The lowest BCUT2D eigenvalue weighted by Gasteiger charge is -2.15. The van der Waals surface area contributed by atoms with Crippen molar-refractivity contribution in [2.75, 3.05) is 17.6 Å². The van der Waals surface area contributed by atoms with Crippen LogP contribution < -0.4 is 5.32 Å². The molecular formula is C13H18N2O3S2. The van der Waals surface area contributed by atoms with Crippen molar-refractivity contribution in [1.82, 2.24) is 0 Å². The average molecular weight is 314 g/mol. The second-order valence-electron chi connectivity index (χ2n) is 5.19. The monoisotopic (exact) mass is 314 g/mol. The second-order valence-corrected chi connectivity index (χ2v) is 9.16. The van der Waals surface area contributed by atoms with Gasteiger partial charge in [0.25, 0.3) is 0 Å². The van der Waals surface area contributed by atoms with Crippen molar-refractivity contribution in [2.24, 2.45) is 4.99 Å². The van der Waals surface area contributed by atoms with Crippen LogP contribution in [-0.4, -0.2) is 35.7 Å². The molecule has 0 amide bonds. The Morgan fingerprint density at radius 2 is 2.15 bits per heavy atom. The number of thioether (sulfide) groups is 1. The van der Waals surface area contributed by atoms with E-state index in [9.17, 15) is 13.5 Å². The quantitative estimate of drug-likeness (QED) is 0.838. The summed E-state index contributed by atoms with van der Waals surface area (Å²) in [6.07, 6.45) is 0. The fraction of sp³-hybridized carbons (Fsp3) is 0.462. The molecule has 0 unspecified atom stereocenters. The lowest BCUT2D eigenvalue weighted by atomic mass is 10.2. The maximum Gasteiger partial charge on any atom is 0.178 e. The third-order valence-corrected chi connectivity index (χ3v) is 5.76. The van der Waals surface area contributed by atoms with Gasteiger partial charge >= 0.3 is 0 Å². The number of phenolic OH excluding ortho intramolecular Hbond substituents is 1. The van der Waals surface area contributed by atoms with E-state index in [0.29, 0.717) is 17.4 Å². The van der Waals surface area contributed by atoms with Crippen molar-refractivity contribution in [3.63, 3.8) is 0 Å². The summed E-state index contributed by atoms with van der Waals surface area (Å²) in [6.45, 7) is 6.43. The predicted octanol–water partition coefficient (Wildman–Crippen LogP) is 2.48. The molecule has 0 atom stereocenters. The lowest BCUT2D eigenvalue weighted by Crippen LogP contribution is -2.16. The van der Waals surface area contributed by atoms with E-state index in [2.05, 4.69) is 24.2 Å². The molecule has 0 spiro atoms. The summed E-state index contributed by atoms with van der Waals surface area (Å²) in [5.41, 5.74) is 0.364. The zero-order valence-electron chi connectivity index (χ0n) is 11.7. The van der Waals surface area contributed by atoms with Gasteiger partial charge < -0.3 is 10.4 Å². The van der Waals surface area contributed by atoms with Crippen LogP contribution in [0.5, 0.6) is 5.75 Å². The number of hydrogen-bond acceptors (Lipinski definition) is 6. The zero-order valence-corrected chi connectivity index (χ0v) is 13.3. The van der Waals surface area contributed by atoms with Crippen LogP contribution in [0.15, 0.2) is 28.1 Å². The molecule has 0 saturated heterocycles. The van der Waals surface area contributed by atoms with Gasteiger partial charge in [0.1, 0.15) is 5.75 Å². The summed E-state index contributed by atoms with van der Waals surface area (Å²) < 4.78 is 23.7. The van der Waals surface area contributed by atoms with Gasteiger partial charge in [-0.25, -0.2) is 8.42 Å². The number of sulfone groups is 1. The molecule has 1 aliphatic rings. The molecule has 1 aliphatic heterocycles. The highest BCUT2D eigenvalue weighted by Gasteiger charge is 2.27. The maximum atomic E-state index is 11.9. The fourth-order valence-corrected chi connectivity index (χ4v) is 3.59. The highest BCUT2D eigenvalue weighted by Crippen LogP contribution is 2.34. The molecule has 0 aromatic heterocycles. The molecule has 0 radical (unpaired) electrons. The number of phenols is 1. The van der Waals surface area contributed by atoms with Crippen molar-refractivity contribution in [3.05, 3.63) is 18.2 Å². The van der Waals surface area contributed by atoms with E-state index >= 15 is 0 Å². The first-order valence-electron chi connectivity index (χ1n) is 6.30. The van der Waals surface area contributed by atoms with E-state index < -0.39 is 9.84 Å². The Hall–Kier alpha value is -1.21. The standard InChI is InChI=1S/C13H18N2O3S2/c1-4-20(17,18)9-5-6-11(16)10(7-9)15-12-14-8-13(2,3)19-12/h5-7,16H,4,8H2,1-3H3,(H,14,15). The molecular weight excluding hydrogens is 296 g/mol.